The molecule has 0 aromatic carbocycles. The van der Waals surface area contributed by atoms with Crippen LogP contribution in [0.25, 0.3) is 0 Å². The first kappa shape index (κ1) is 9.92. The molecule has 0 unspecified atom stereocenters. The fourth-order valence-electron chi connectivity index (χ4n) is 0.378. The highest BCUT2D eigenvalue weighted by molar-refractivity contribution is 5.90. The fraction of sp³-hybridized carbons (Fsp3) is 0.333. The van der Waals surface area contributed by atoms with E-state index in [1.807, 2.05) is 0 Å². The van der Waals surface area contributed by atoms with Gasteiger partial charge in [0.15, 0.2) is 0 Å². The number of nitrogens with zero attached hydrogens (tertiary/aromatic N) is 2. The lowest BCUT2D eigenvalue weighted by atomic mass is 10.4. The Morgan fingerprint density at radius 2 is 1.92 bits per heavy atom. The zero-order valence-electron chi connectivity index (χ0n) is 5.85. The van der Waals surface area contributed by atoms with Gasteiger partial charge in [-0.3, -0.25) is 9.59 Å². The monoisotopic (exact) mass is 168 g/mol. The number of carbonyl (C=O) groups excluding carboxylic acids is 1. The third-order valence-corrected chi connectivity index (χ3v) is 0.779. The van der Waals surface area contributed by atoms with E-state index in [1.165, 1.54) is 12.1 Å². The molecule has 6 nitrogen and oxygen atoms in total. The van der Waals surface area contributed by atoms with Crippen molar-refractivity contribution in [3.8, 4) is 12.1 Å². The smallest absolute Gasteiger partial charge is 0.319 e. The van der Waals surface area contributed by atoms with Crippen molar-refractivity contribution in [3.63, 3.8) is 0 Å². The normalized spacial score (nSPS) is 8.25. The van der Waals surface area contributed by atoms with Gasteiger partial charge in [0.25, 0.3) is 6.10 Å². The van der Waals surface area contributed by atoms with Crippen molar-refractivity contribution in [1.29, 1.82) is 10.5 Å². The van der Waals surface area contributed by atoms with Crippen molar-refractivity contribution in [2.75, 3.05) is 0 Å². The number of rotatable bonds is 3. The van der Waals surface area contributed by atoms with Crippen LogP contribution in [0, 0.1) is 22.7 Å². The van der Waals surface area contributed by atoms with Crippen molar-refractivity contribution in [2.24, 2.45) is 0 Å². The summed E-state index contributed by atoms with van der Waals surface area (Å²) in [7, 11) is 0. The van der Waals surface area contributed by atoms with Crippen LogP contribution in [0.15, 0.2) is 0 Å². The molecular formula is C6H4N2O4. The SMILES string of the molecule is N#CC(C#N)OC(=O)CC(=O)O. The van der Waals surface area contributed by atoms with Crippen LogP contribution in [0.5, 0.6) is 0 Å². The Labute approximate surface area is 67.6 Å². The van der Waals surface area contributed by atoms with Gasteiger partial charge in [-0.1, -0.05) is 0 Å². The summed E-state index contributed by atoms with van der Waals surface area (Å²) in [4.78, 5) is 20.4. The van der Waals surface area contributed by atoms with Crippen LogP contribution in [0.2, 0.25) is 0 Å². The van der Waals surface area contributed by atoms with Crippen LogP contribution in [0.1, 0.15) is 6.42 Å². The topological polar surface area (TPSA) is 111 Å². The van der Waals surface area contributed by atoms with Gasteiger partial charge in [-0.2, -0.15) is 10.5 Å². The first-order valence-corrected chi connectivity index (χ1v) is 2.80. The van der Waals surface area contributed by atoms with Crippen LogP contribution in [-0.4, -0.2) is 23.1 Å². The zero-order chi connectivity index (χ0) is 9.56. The minimum Gasteiger partial charge on any atom is -0.481 e. The van der Waals surface area contributed by atoms with E-state index in [9.17, 15) is 9.59 Å². The second-order valence-corrected chi connectivity index (χ2v) is 1.70. The molecule has 0 amide bonds. The number of nitriles is 2. The van der Waals surface area contributed by atoms with Gasteiger partial charge in [0.05, 0.1) is 0 Å². The van der Waals surface area contributed by atoms with Crippen LogP contribution in [-0.2, 0) is 14.3 Å². The standard InChI is InChI=1S/C6H4N2O4/c7-2-4(3-8)12-6(11)1-5(9)10/h4H,1H2,(H,9,10). The molecule has 62 valence electrons. The summed E-state index contributed by atoms with van der Waals surface area (Å²) in [6.45, 7) is 0. The maximum absolute atomic E-state index is 10.5. The average molecular weight is 168 g/mol. The Balaban J connectivity index is 3.95. The average Bonchev–Trinajstić information content (AvgIpc) is 1.98. The van der Waals surface area contributed by atoms with E-state index in [2.05, 4.69) is 4.74 Å². The molecule has 0 aliphatic rings. The summed E-state index contributed by atoms with van der Waals surface area (Å²) >= 11 is 0. The van der Waals surface area contributed by atoms with Crippen molar-refractivity contribution in [2.45, 2.75) is 12.5 Å². The van der Waals surface area contributed by atoms with Gasteiger partial charge < -0.3 is 9.84 Å². The van der Waals surface area contributed by atoms with Crippen molar-refractivity contribution in [1.82, 2.24) is 0 Å². The second kappa shape index (κ2) is 4.69. The van der Waals surface area contributed by atoms with E-state index in [1.54, 1.807) is 0 Å². The highest BCUT2D eigenvalue weighted by atomic mass is 16.5. The van der Waals surface area contributed by atoms with E-state index in [0.717, 1.165) is 0 Å². The number of ether oxygens (including phenoxy) is 1. The minimum atomic E-state index is -1.53. The van der Waals surface area contributed by atoms with E-state index in [-0.39, 0.29) is 0 Å². The molecule has 0 saturated carbocycles. The quantitative estimate of drug-likeness (QED) is 0.445. The summed E-state index contributed by atoms with van der Waals surface area (Å²) < 4.78 is 4.12. The van der Waals surface area contributed by atoms with Crippen molar-refractivity contribution in [3.05, 3.63) is 0 Å². The second-order valence-electron chi connectivity index (χ2n) is 1.70. The number of aliphatic carboxylic acids is 1. The Bertz CT molecular complexity index is 258. The molecule has 12 heavy (non-hydrogen) atoms. The van der Waals surface area contributed by atoms with E-state index >= 15 is 0 Å². The molecule has 0 saturated heterocycles. The predicted molar refractivity (Wildman–Crippen MR) is 33.4 cm³/mol. The Morgan fingerprint density at radius 3 is 2.25 bits per heavy atom. The highest BCUT2D eigenvalue weighted by Gasteiger charge is 2.14. The van der Waals surface area contributed by atoms with Crippen LogP contribution in [0.4, 0.5) is 0 Å². The Kier molecular flexibility index (Phi) is 3.88. The number of carbonyl (C=O) groups is 2. The number of carboxylic acid groups (broad SMARTS) is 1. The molecule has 0 aromatic heterocycles. The lowest BCUT2D eigenvalue weighted by Gasteiger charge is -2.00. The number of hydrogen-bond acceptors (Lipinski definition) is 5. The van der Waals surface area contributed by atoms with E-state index < -0.39 is 24.5 Å². The molecule has 0 aliphatic carbocycles. The van der Waals surface area contributed by atoms with Gasteiger partial charge in [0.1, 0.15) is 18.6 Å². The molecule has 0 heterocycles. The maximum Gasteiger partial charge on any atom is 0.319 e. The summed E-state index contributed by atoms with van der Waals surface area (Å²) in [5.41, 5.74) is 0. The Hall–Kier alpha value is -2.08. The third-order valence-electron chi connectivity index (χ3n) is 0.779. The largest absolute Gasteiger partial charge is 0.481 e. The summed E-state index contributed by atoms with van der Waals surface area (Å²) in [5, 5.41) is 24.3. The maximum atomic E-state index is 10.5. The van der Waals surface area contributed by atoms with Gasteiger partial charge in [-0.15, -0.1) is 0 Å². The molecule has 1 N–H and O–H groups in total. The lowest BCUT2D eigenvalue weighted by Crippen LogP contribution is -2.17. The van der Waals surface area contributed by atoms with Gasteiger partial charge in [0, 0.05) is 0 Å². The first-order chi connectivity index (χ1) is 5.60. The molecule has 0 rings (SSSR count). The minimum absolute atomic E-state index is 0.847. The number of carboxylic acids is 1. The lowest BCUT2D eigenvalue weighted by molar-refractivity contribution is -0.151. The summed E-state index contributed by atoms with van der Waals surface area (Å²) in [5.74, 6) is -2.47. The van der Waals surface area contributed by atoms with Crippen LogP contribution >= 0.6 is 0 Å². The van der Waals surface area contributed by atoms with Crippen LogP contribution < -0.4 is 0 Å². The zero-order valence-corrected chi connectivity index (χ0v) is 5.85. The highest BCUT2D eigenvalue weighted by Crippen LogP contribution is 1.92. The van der Waals surface area contributed by atoms with Gasteiger partial charge in [0.2, 0.25) is 0 Å². The summed E-state index contributed by atoms with van der Waals surface area (Å²) in [6, 6.07) is 2.72. The first-order valence-electron chi connectivity index (χ1n) is 2.80. The molecule has 0 aliphatic heterocycles. The van der Waals surface area contributed by atoms with Crippen LogP contribution in [0.3, 0.4) is 0 Å². The molecule has 0 aromatic rings. The number of esters is 1. The van der Waals surface area contributed by atoms with E-state index in [0.29, 0.717) is 0 Å². The van der Waals surface area contributed by atoms with Gasteiger partial charge in [-0.25, -0.2) is 0 Å². The van der Waals surface area contributed by atoms with Crippen molar-refractivity contribution < 1.29 is 19.4 Å². The molecule has 0 spiro atoms. The molecule has 6 heteroatoms. The summed E-state index contributed by atoms with van der Waals surface area (Å²) in [6.07, 6.45) is -2.38. The van der Waals surface area contributed by atoms with Crippen molar-refractivity contribution >= 4 is 11.9 Å². The molecular weight excluding hydrogens is 164 g/mol. The molecule has 0 bridgehead atoms. The molecule has 0 atom stereocenters. The fourth-order valence-corrected chi connectivity index (χ4v) is 0.378. The van der Waals surface area contributed by atoms with Gasteiger partial charge >= 0.3 is 11.9 Å². The number of hydrogen-bond donors (Lipinski definition) is 1. The third kappa shape index (κ3) is 3.85. The van der Waals surface area contributed by atoms with E-state index in [4.69, 9.17) is 15.6 Å². The predicted octanol–water partition coefficient (Wildman–Crippen LogP) is -0.580. The molecule has 0 radical (unpaired) electrons. The Morgan fingerprint density at radius 1 is 1.42 bits per heavy atom. The van der Waals surface area contributed by atoms with Gasteiger partial charge in [-0.05, 0) is 0 Å². The molecule has 0 fully saturated rings.